The Morgan fingerprint density at radius 2 is 2.39 bits per heavy atom. The van der Waals surface area contributed by atoms with Crippen molar-refractivity contribution >= 4 is 23.6 Å². The van der Waals surface area contributed by atoms with Crippen LogP contribution in [0, 0.1) is 5.92 Å². The molecule has 0 radical (unpaired) electrons. The number of rotatable bonds is 7. The highest BCUT2D eigenvalue weighted by molar-refractivity contribution is 6.29. The summed E-state index contributed by atoms with van der Waals surface area (Å²) < 4.78 is 1.71. The largest absolute Gasteiger partial charge is 0.396 e. The van der Waals surface area contributed by atoms with Gasteiger partial charge in [-0.3, -0.25) is 9.48 Å². The van der Waals surface area contributed by atoms with E-state index in [4.69, 9.17) is 11.6 Å². The molecule has 1 amide bonds. The molecule has 2 N–H and O–H groups in total. The fourth-order valence-corrected chi connectivity index (χ4v) is 2.29. The Balaban J connectivity index is 1.82. The van der Waals surface area contributed by atoms with E-state index in [0.717, 1.165) is 11.1 Å². The maximum Gasteiger partial charge on any atom is 0.244 e. The van der Waals surface area contributed by atoms with E-state index in [0.29, 0.717) is 18.1 Å². The molecule has 7 heteroatoms. The first kappa shape index (κ1) is 17.2. The van der Waals surface area contributed by atoms with Gasteiger partial charge in [-0.05, 0) is 35.8 Å². The minimum Gasteiger partial charge on any atom is -0.396 e. The molecule has 0 bridgehead atoms. The van der Waals surface area contributed by atoms with Crippen molar-refractivity contribution in [2.45, 2.75) is 6.42 Å². The van der Waals surface area contributed by atoms with Gasteiger partial charge >= 0.3 is 0 Å². The predicted molar refractivity (Wildman–Crippen MR) is 88.8 cm³/mol. The molecule has 0 saturated heterocycles. The number of halogens is 1. The van der Waals surface area contributed by atoms with Gasteiger partial charge in [-0.1, -0.05) is 11.6 Å². The van der Waals surface area contributed by atoms with Crippen LogP contribution in [0.5, 0.6) is 0 Å². The standard InChI is InChI=1S/C16H19ClN4O2/c1-21-10-13(9-20-21)6-14(11-22)8-19-16(23)3-2-12-4-5-18-15(17)7-12/h2-5,7,9-10,14,22H,6,8,11H2,1H3,(H,19,23)/b3-2+. The Morgan fingerprint density at radius 1 is 1.57 bits per heavy atom. The van der Waals surface area contributed by atoms with Gasteiger partial charge in [-0.2, -0.15) is 5.10 Å². The quantitative estimate of drug-likeness (QED) is 0.593. The lowest BCUT2D eigenvalue weighted by atomic mass is 10.0. The maximum absolute atomic E-state index is 11.8. The average Bonchev–Trinajstić information content (AvgIpc) is 2.94. The zero-order chi connectivity index (χ0) is 16.7. The molecule has 0 spiro atoms. The summed E-state index contributed by atoms with van der Waals surface area (Å²) in [4.78, 5) is 15.7. The second kappa shape index (κ2) is 8.45. The summed E-state index contributed by atoms with van der Waals surface area (Å²) in [5, 5.41) is 16.7. The highest BCUT2D eigenvalue weighted by atomic mass is 35.5. The third-order valence-corrected chi connectivity index (χ3v) is 3.49. The first-order valence-corrected chi connectivity index (χ1v) is 7.60. The molecule has 1 unspecified atom stereocenters. The van der Waals surface area contributed by atoms with Crippen LogP contribution in [-0.2, 0) is 18.3 Å². The van der Waals surface area contributed by atoms with Crippen molar-refractivity contribution in [1.29, 1.82) is 0 Å². The van der Waals surface area contributed by atoms with Gasteiger partial charge in [-0.15, -0.1) is 0 Å². The van der Waals surface area contributed by atoms with Gasteiger partial charge in [0, 0.05) is 44.6 Å². The van der Waals surface area contributed by atoms with E-state index in [9.17, 15) is 9.90 Å². The van der Waals surface area contributed by atoms with Gasteiger partial charge in [0.2, 0.25) is 5.91 Å². The van der Waals surface area contributed by atoms with Gasteiger partial charge < -0.3 is 10.4 Å². The fraction of sp³-hybridized carbons (Fsp3) is 0.312. The Kier molecular flexibility index (Phi) is 6.31. The molecule has 122 valence electrons. The molecule has 6 nitrogen and oxygen atoms in total. The van der Waals surface area contributed by atoms with Gasteiger partial charge in [0.1, 0.15) is 5.15 Å². The summed E-state index contributed by atoms with van der Waals surface area (Å²) >= 11 is 5.78. The number of aliphatic hydroxyl groups excluding tert-OH is 1. The van der Waals surface area contributed by atoms with Gasteiger partial charge in [0.25, 0.3) is 0 Å². The van der Waals surface area contributed by atoms with Crippen molar-refractivity contribution in [3.63, 3.8) is 0 Å². The summed E-state index contributed by atoms with van der Waals surface area (Å²) in [6.07, 6.45) is 9.00. The second-order valence-corrected chi connectivity index (χ2v) is 5.65. The van der Waals surface area contributed by atoms with E-state index in [2.05, 4.69) is 15.4 Å². The monoisotopic (exact) mass is 334 g/mol. The normalized spacial score (nSPS) is 12.5. The smallest absolute Gasteiger partial charge is 0.244 e. The van der Waals surface area contributed by atoms with Crippen molar-refractivity contribution in [2.24, 2.45) is 13.0 Å². The number of hydrogen-bond acceptors (Lipinski definition) is 4. The van der Waals surface area contributed by atoms with Crippen LogP contribution in [0.4, 0.5) is 0 Å². The number of amides is 1. The molecule has 2 aromatic rings. The summed E-state index contributed by atoms with van der Waals surface area (Å²) in [5.74, 6) is -0.269. The molecular weight excluding hydrogens is 316 g/mol. The second-order valence-electron chi connectivity index (χ2n) is 5.27. The van der Waals surface area contributed by atoms with Crippen molar-refractivity contribution < 1.29 is 9.90 Å². The van der Waals surface area contributed by atoms with Crippen LogP contribution in [0.1, 0.15) is 11.1 Å². The van der Waals surface area contributed by atoms with Crippen molar-refractivity contribution in [3.8, 4) is 0 Å². The Bertz CT molecular complexity index is 684. The van der Waals surface area contributed by atoms with E-state index in [1.165, 1.54) is 6.08 Å². The Labute approximate surface area is 139 Å². The highest BCUT2D eigenvalue weighted by Gasteiger charge is 2.10. The van der Waals surface area contributed by atoms with E-state index >= 15 is 0 Å². The van der Waals surface area contributed by atoms with Crippen LogP contribution in [0.3, 0.4) is 0 Å². The van der Waals surface area contributed by atoms with Crippen LogP contribution in [0.15, 0.2) is 36.8 Å². The lowest BCUT2D eigenvalue weighted by molar-refractivity contribution is -0.116. The minimum absolute atomic E-state index is 0.00114. The first-order valence-electron chi connectivity index (χ1n) is 7.22. The number of aryl methyl sites for hydroxylation is 1. The first-order chi connectivity index (χ1) is 11.1. The Morgan fingerprint density at radius 3 is 3.04 bits per heavy atom. The van der Waals surface area contributed by atoms with Crippen LogP contribution in [0.2, 0.25) is 5.15 Å². The van der Waals surface area contributed by atoms with E-state index in [1.807, 2.05) is 13.2 Å². The number of aliphatic hydroxyl groups is 1. The molecule has 2 rings (SSSR count). The summed E-state index contributed by atoms with van der Waals surface area (Å²) in [6.45, 7) is 0.393. The lowest BCUT2D eigenvalue weighted by Gasteiger charge is -2.13. The number of nitrogens with zero attached hydrogens (tertiary/aromatic N) is 3. The number of hydrogen-bond donors (Lipinski definition) is 2. The highest BCUT2D eigenvalue weighted by Crippen LogP contribution is 2.09. The molecule has 1 atom stereocenters. The van der Waals surface area contributed by atoms with Gasteiger partial charge in [0.05, 0.1) is 6.20 Å². The zero-order valence-corrected chi connectivity index (χ0v) is 13.6. The molecule has 0 aromatic carbocycles. The molecular formula is C16H19ClN4O2. The van der Waals surface area contributed by atoms with Crippen LogP contribution in [-0.4, -0.2) is 38.9 Å². The number of carbonyl (C=O) groups excluding carboxylic acids is 1. The third-order valence-electron chi connectivity index (χ3n) is 3.28. The number of pyridine rings is 1. The number of aromatic nitrogens is 3. The fourth-order valence-electron chi connectivity index (χ4n) is 2.11. The SMILES string of the molecule is Cn1cc(CC(CO)CNC(=O)/C=C/c2ccnc(Cl)c2)cn1. The van der Waals surface area contributed by atoms with Crippen LogP contribution in [0.25, 0.3) is 6.08 Å². The van der Waals surface area contributed by atoms with Gasteiger partial charge in [0.15, 0.2) is 0 Å². The molecule has 0 fully saturated rings. The van der Waals surface area contributed by atoms with Crippen LogP contribution >= 0.6 is 11.6 Å². The Hall–Kier alpha value is -2.18. The van der Waals surface area contributed by atoms with Crippen molar-refractivity contribution in [1.82, 2.24) is 20.1 Å². The maximum atomic E-state index is 11.8. The third kappa shape index (κ3) is 5.84. The van der Waals surface area contributed by atoms with Crippen molar-refractivity contribution in [2.75, 3.05) is 13.2 Å². The summed E-state index contributed by atoms with van der Waals surface area (Å²) in [7, 11) is 1.84. The zero-order valence-electron chi connectivity index (χ0n) is 12.8. The predicted octanol–water partition coefficient (Wildman–Crippen LogP) is 1.45. The molecule has 0 aliphatic carbocycles. The summed E-state index contributed by atoms with van der Waals surface area (Å²) in [5.41, 5.74) is 1.83. The van der Waals surface area contributed by atoms with E-state index in [-0.39, 0.29) is 18.4 Å². The lowest BCUT2D eigenvalue weighted by Crippen LogP contribution is -2.30. The van der Waals surface area contributed by atoms with Crippen LogP contribution < -0.4 is 5.32 Å². The number of carbonyl (C=O) groups is 1. The number of nitrogens with one attached hydrogen (secondary N) is 1. The molecule has 2 aromatic heterocycles. The minimum atomic E-state index is -0.220. The van der Waals surface area contributed by atoms with E-state index < -0.39 is 0 Å². The average molecular weight is 335 g/mol. The molecule has 2 heterocycles. The van der Waals surface area contributed by atoms with Crippen molar-refractivity contribution in [3.05, 3.63) is 53.1 Å². The molecule has 0 saturated carbocycles. The van der Waals surface area contributed by atoms with Gasteiger partial charge in [-0.25, -0.2) is 4.98 Å². The summed E-state index contributed by atoms with van der Waals surface area (Å²) in [6, 6.07) is 3.43. The molecule has 23 heavy (non-hydrogen) atoms. The molecule has 0 aliphatic rings. The molecule has 0 aliphatic heterocycles. The van der Waals surface area contributed by atoms with E-state index in [1.54, 1.807) is 35.3 Å². The topological polar surface area (TPSA) is 80.0 Å².